The summed E-state index contributed by atoms with van der Waals surface area (Å²) in [6.45, 7) is 1.53. The van der Waals surface area contributed by atoms with E-state index in [0.29, 0.717) is 11.5 Å². The number of benzene rings is 2. The molecule has 25 heavy (non-hydrogen) atoms. The summed E-state index contributed by atoms with van der Waals surface area (Å²) in [6, 6.07) is 15.5. The molecule has 1 atom stereocenters. The van der Waals surface area contributed by atoms with Gasteiger partial charge in [-0.15, -0.1) is 0 Å². The van der Waals surface area contributed by atoms with Crippen LogP contribution in [0.15, 0.2) is 67.3 Å². The van der Waals surface area contributed by atoms with Crippen LogP contribution in [0, 0.1) is 0 Å². The Bertz CT molecular complexity index is 868. The molecule has 1 saturated heterocycles. The number of carbonyl (C=O) groups is 1. The Morgan fingerprint density at radius 1 is 1.20 bits per heavy atom. The molecule has 1 unspecified atom stereocenters. The first-order valence-corrected chi connectivity index (χ1v) is 8.37. The maximum Gasteiger partial charge on any atom is 0.255 e. The summed E-state index contributed by atoms with van der Waals surface area (Å²) in [7, 11) is 0. The van der Waals surface area contributed by atoms with E-state index in [2.05, 4.69) is 16.4 Å². The zero-order valence-corrected chi connectivity index (χ0v) is 13.8. The number of nitrogens with zero attached hydrogens (tertiary/aromatic N) is 2. The Balaban J connectivity index is 1.52. The van der Waals surface area contributed by atoms with Crippen molar-refractivity contribution in [1.82, 2.24) is 9.55 Å². The minimum atomic E-state index is -0.108. The van der Waals surface area contributed by atoms with Gasteiger partial charge in [0, 0.05) is 41.9 Å². The van der Waals surface area contributed by atoms with Crippen LogP contribution in [0.3, 0.4) is 0 Å². The molecule has 0 radical (unpaired) electrons. The second-order valence-electron chi connectivity index (χ2n) is 6.16. The van der Waals surface area contributed by atoms with E-state index in [4.69, 9.17) is 4.74 Å². The largest absolute Gasteiger partial charge is 0.381 e. The predicted molar refractivity (Wildman–Crippen MR) is 96.1 cm³/mol. The second-order valence-corrected chi connectivity index (χ2v) is 6.16. The normalized spacial score (nSPS) is 16.7. The lowest BCUT2D eigenvalue weighted by Crippen LogP contribution is -2.13. The zero-order valence-electron chi connectivity index (χ0n) is 13.8. The van der Waals surface area contributed by atoms with E-state index in [1.807, 2.05) is 53.2 Å². The van der Waals surface area contributed by atoms with Crippen molar-refractivity contribution in [1.29, 1.82) is 0 Å². The highest BCUT2D eigenvalue weighted by atomic mass is 16.5. The summed E-state index contributed by atoms with van der Waals surface area (Å²) >= 11 is 0. The van der Waals surface area contributed by atoms with Crippen molar-refractivity contribution in [2.75, 3.05) is 18.5 Å². The van der Waals surface area contributed by atoms with Gasteiger partial charge < -0.3 is 14.6 Å². The number of imidazole rings is 1. The van der Waals surface area contributed by atoms with Gasteiger partial charge in [-0.2, -0.15) is 0 Å². The Kier molecular flexibility index (Phi) is 4.31. The van der Waals surface area contributed by atoms with E-state index < -0.39 is 0 Å². The van der Waals surface area contributed by atoms with Gasteiger partial charge in [-0.3, -0.25) is 4.79 Å². The lowest BCUT2D eigenvalue weighted by Gasteiger charge is -2.11. The monoisotopic (exact) mass is 333 g/mol. The molecular formula is C20H19N3O2. The van der Waals surface area contributed by atoms with Crippen molar-refractivity contribution < 1.29 is 9.53 Å². The molecule has 1 amide bonds. The number of ether oxygens (including phenoxy) is 1. The van der Waals surface area contributed by atoms with Crippen molar-refractivity contribution in [3.05, 3.63) is 78.4 Å². The summed E-state index contributed by atoms with van der Waals surface area (Å²) in [4.78, 5) is 16.7. The first kappa shape index (κ1) is 15.6. The van der Waals surface area contributed by atoms with Crippen LogP contribution in [0.5, 0.6) is 0 Å². The number of amides is 1. The van der Waals surface area contributed by atoms with Gasteiger partial charge in [0.1, 0.15) is 0 Å². The van der Waals surface area contributed by atoms with Gasteiger partial charge in [0.2, 0.25) is 0 Å². The SMILES string of the molecule is O=C(Nc1cccc(-n2ccnc2)c1)c1cccc(C2CCOC2)c1. The van der Waals surface area contributed by atoms with Crippen molar-refractivity contribution in [2.45, 2.75) is 12.3 Å². The molecule has 1 aromatic heterocycles. The maximum absolute atomic E-state index is 12.6. The Hall–Kier alpha value is -2.92. The number of rotatable bonds is 4. The highest BCUT2D eigenvalue weighted by Crippen LogP contribution is 2.26. The average molecular weight is 333 g/mol. The van der Waals surface area contributed by atoms with Gasteiger partial charge >= 0.3 is 0 Å². The fraction of sp³-hybridized carbons (Fsp3) is 0.200. The molecule has 5 heteroatoms. The minimum absolute atomic E-state index is 0.108. The van der Waals surface area contributed by atoms with Crippen LogP contribution in [0.2, 0.25) is 0 Å². The standard InChI is InChI=1S/C20H19N3O2/c24-20(16-4-1-3-15(11-16)17-7-10-25-13-17)22-18-5-2-6-19(12-18)23-9-8-21-14-23/h1-6,8-9,11-12,14,17H,7,10,13H2,(H,22,24). The lowest BCUT2D eigenvalue weighted by molar-refractivity contribution is 0.102. The first-order chi connectivity index (χ1) is 12.3. The number of hydrogen-bond donors (Lipinski definition) is 1. The first-order valence-electron chi connectivity index (χ1n) is 8.37. The van der Waals surface area contributed by atoms with Crippen LogP contribution >= 0.6 is 0 Å². The Labute approximate surface area is 146 Å². The van der Waals surface area contributed by atoms with Gasteiger partial charge in [-0.05, 0) is 42.3 Å². The van der Waals surface area contributed by atoms with Crippen molar-refractivity contribution in [2.24, 2.45) is 0 Å². The van der Waals surface area contributed by atoms with E-state index in [9.17, 15) is 4.79 Å². The molecule has 4 rings (SSSR count). The molecule has 0 spiro atoms. The molecule has 126 valence electrons. The van der Waals surface area contributed by atoms with Crippen LogP contribution in [0.1, 0.15) is 28.3 Å². The van der Waals surface area contributed by atoms with E-state index in [1.54, 1.807) is 12.5 Å². The molecule has 1 aliphatic rings. The molecule has 5 nitrogen and oxygen atoms in total. The Morgan fingerprint density at radius 2 is 2.12 bits per heavy atom. The number of hydrogen-bond acceptors (Lipinski definition) is 3. The van der Waals surface area contributed by atoms with Gasteiger partial charge in [0.25, 0.3) is 5.91 Å². The van der Waals surface area contributed by atoms with Gasteiger partial charge in [0.15, 0.2) is 0 Å². The maximum atomic E-state index is 12.6. The van der Waals surface area contributed by atoms with Crippen LogP contribution < -0.4 is 5.32 Å². The van der Waals surface area contributed by atoms with Crippen LogP contribution in [-0.4, -0.2) is 28.7 Å². The molecule has 1 N–H and O–H groups in total. The Morgan fingerprint density at radius 3 is 2.92 bits per heavy atom. The smallest absolute Gasteiger partial charge is 0.255 e. The molecule has 0 saturated carbocycles. The summed E-state index contributed by atoms with van der Waals surface area (Å²) < 4.78 is 7.35. The van der Waals surface area contributed by atoms with E-state index >= 15 is 0 Å². The van der Waals surface area contributed by atoms with Crippen LogP contribution in [0.25, 0.3) is 5.69 Å². The lowest BCUT2D eigenvalue weighted by atomic mass is 9.96. The number of nitrogens with one attached hydrogen (secondary N) is 1. The molecule has 2 aromatic carbocycles. The molecule has 2 heterocycles. The van der Waals surface area contributed by atoms with Crippen LogP contribution in [0.4, 0.5) is 5.69 Å². The molecule has 1 aliphatic heterocycles. The van der Waals surface area contributed by atoms with Crippen molar-refractivity contribution in [3.8, 4) is 5.69 Å². The minimum Gasteiger partial charge on any atom is -0.381 e. The van der Waals surface area contributed by atoms with Gasteiger partial charge in [-0.1, -0.05) is 18.2 Å². The summed E-state index contributed by atoms with van der Waals surface area (Å²) in [5.74, 6) is 0.279. The third kappa shape index (κ3) is 3.46. The topological polar surface area (TPSA) is 56.2 Å². The van der Waals surface area contributed by atoms with E-state index in [-0.39, 0.29) is 5.91 Å². The molecule has 0 bridgehead atoms. The van der Waals surface area contributed by atoms with Gasteiger partial charge in [0.05, 0.1) is 12.9 Å². The molecular weight excluding hydrogens is 314 g/mol. The summed E-state index contributed by atoms with van der Waals surface area (Å²) in [5.41, 5.74) is 3.53. The van der Waals surface area contributed by atoms with Gasteiger partial charge in [-0.25, -0.2) is 4.98 Å². The predicted octanol–water partition coefficient (Wildman–Crippen LogP) is 3.63. The molecule has 1 fully saturated rings. The third-order valence-corrected chi connectivity index (χ3v) is 4.46. The number of carbonyl (C=O) groups excluding carboxylic acids is 1. The highest BCUT2D eigenvalue weighted by Gasteiger charge is 2.18. The second kappa shape index (κ2) is 6.91. The number of anilines is 1. The summed E-state index contributed by atoms with van der Waals surface area (Å²) in [5, 5.41) is 2.97. The molecule has 0 aliphatic carbocycles. The van der Waals surface area contributed by atoms with Crippen LogP contribution in [-0.2, 0) is 4.74 Å². The average Bonchev–Trinajstić information content (AvgIpc) is 3.36. The van der Waals surface area contributed by atoms with E-state index in [0.717, 1.165) is 36.6 Å². The number of aromatic nitrogens is 2. The zero-order chi connectivity index (χ0) is 17.1. The summed E-state index contributed by atoms with van der Waals surface area (Å²) in [6.07, 6.45) is 6.34. The fourth-order valence-electron chi connectivity index (χ4n) is 3.09. The highest BCUT2D eigenvalue weighted by molar-refractivity contribution is 6.04. The van der Waals surface area contributed by atoms with E-state index in [1.165, 1.54) is 0 Å². The molecule has 3 aromatic rings. The quantitative estimate of drug-likeness (QED) is 0.793. The third-order valence-electron chi connectivity index (χ3n) is 4.46. The van der Waals surface area contributed by atoms with Crippen molar-refractivity contribution >= 4 is 11.6 Å². The fourth-order valence-corrected chi connectivity index (χ4v) is 3.09. The van der Waals surface area contributed by atoms with Crippen molar-refractivity contribution in [3.63, 3.8) is 0 Å².